The van der Waals surface area contributed by atoms with Crippen molar-refractivity contribution < 1.29 is 9.90 Å². The van der Waals surface area contributed by atoms with Gasteiger partial charge in [-0.1, -0.05) is 32.9 Å². The summed E-state index contributed by atoms with van der Waals surface area (Å²) in [5.74, 6) is -0.891. The van der Waals surface area contributed by atoms with Crippen LogP contribution in [0.1, 0.15) is 56.5 Å². The first-order valence-electron chi connectivity index (χ1n) is 8.71. The lowest BCUT2D eigenvalue weighted by Crippen LogP contribution is -2.37. The Morgan fingerprint density at radius 1 is 1.41 bits per heavy atom. The van der Waals surface area contributed by atoms with E-state index < -0.39 is 17.3 Å². The Balaban J connectivity index is 0.00000261. The lowest BCUT2D eigenvalue weighted by molar-refractivity contribution is 0.0944. The van der Waals surface area contributed by atoms with Gasteiger partial charge in [0.05, 0.1) is 5.56 Å². The Labute approximate surface area is 163 Å². The van der Waals surface area contributed by atoms with Crippen molar-refractivity contribution in [2.45, 2.75) is 53.1 Å². The van der Waals surface area contributed by atoms with Gasteiger partial charge in [0, 0.05) is 12.6 Å². The van der Waals surface area contributed by atoms with Crippen LogP contribution >= 0.6 is 12.4 Å². The van der Waals surface area contributed by atoms with Crippen LogP contribution in [0.3, 0.4) is 0 Å². The lowest BCUT2D eigenvalue weighted by atomic mass is 9.96. The Bertz CT molecular complexity index is 964. The van der Waals surface area contributed by atoms with E-state index in [4.69, 9.17) is 5.73 Å². The third-order valence-corrected chi connectivity index (χ3v) is 4.17. The molecule has 0 spiro atoms. The van der Waals surface area contributed by atoms with E-state index in [0.29, 0.717) is 17.8 Å². The average Bonchev–Trinajstić information content (AvgIpc) is 3.27. The monoisotopic (exact) mass is 395 g/mol. The minimum atomic E-state index is -0.582. The summed E-state index contributed by atoms with van der Waals surface area (Å²) >= 11 is 0. The Hall–Kier alpha value is -2.48. The summed E-state index contributed by atoms with van der Waals surface area (Å²) in [6.07, 6.45) is 5.28. The number of hydrogen-bond donors (Lipinski definition) is 3. The minimum Gasteiger partial charge on any atom is -0.492 e. The van der Waals surface area contributed by atoms with E-state index in [9.17, 15) is 14.7 Å². The highest BCUT2D eigenvalue weighted by Gasteiger charge is 2.31. The van der Waals surface area contributed by atoms with Gasteiger partial charge in [-0.15, -0.1) is 17.5 Å². The summed E-state index contributed by atoms with van der Waals surface area (Å²) in [5.41, 5.74) is 5.83. The molecule has 1 fully saturated rings. The summed E-state index contributed by atoms with van der Waals surface area (Å²) in [5, 5.41) is 17.5. The molecule has 1 aliphatic rings. The standard InChI is InChI=1S/C18H25N5O3.ClH/c1-5-6-11-13(19)21-23-15(11)22(9-18(2,3)4)16(25)12(17(23)26)14(24)20-10-7-8-10;/h5-6,10,26H,7-9H2,1-4H3,(H2,19,21)(H,20,24);1H. The second-order valence-corrected chi connectivity index (χ2v) is 7.93. The van der Waals surface area contributed by atoms with Crippen LogP contribution in [0.5, 0.6) is 5.88 Å². The van der Waals surface area contributed by atoms with Crippen molar-refractivity contribution in [1.29, 1.82) is 0 Å². The second-order valence-electron chi connectivity index (χ2n) is 7.93. The van der Waals surface area contributed by atoms with Gasteiger partial charge >= 0.3 is 0 Å². The molecule has 0 unspecified atom stereocenters. The molecule has 0 radical (unpaired) electrons. The molecule has 0 atom stereocenters. The smallest absolute Gasteiger partial charge is 0.270 e. The molecule has 2 aromatic heterocycles. The summed E-state index contributed by atoms with van der Waals surface area (Å²) in [6.45, 7) is 8.13. The van der Waals surface area contributed by atoms with E-state index in [2.05, 4.69) is 10.4 Å². The quantitative estimate of drug-likeness (QED) is 0.733. The molecule has 1 aliphatic carbocycles. The zero-order valence-corrected chi connectivity index (χ0v) is 16.8. The minimum absolute atomic E-state index is 0. The number of hydrogen-bond acceptors (Lipinski definition) is 5. The molecule has 2 heterocycles. The molecule has 9 heteroatoms. The van der Waals surface area contributed by atoms with Crippen LogP contribution in [0.4, 0.5) is 5.82 Å². The molecule has 4 N–H and O–H groups in total. The van der Waals surface area contributed by atoms with Crippen molar-refractivity contribution in [1.82, 2.24) is 19.5 Å². The van der Waals surface area contributed by atoms with E-state index in [0.717, 1.165) is 12.8 Å². The van der Waals surface area contributed by atoms with Gasteiger partial charge in [0.1, 0.15) is 0 Å². The van der Waals surface area contributed by atoms with Crippen molar-refractivity contribution in [3.63, 3.8) is 0 Å². The molecule has 2 aromatic rings. The molecular weight excluding hydrogens is 370 g/mol. The topological polar surface area (TPSA) is 115 Å². The van der Waals surface area contributed by atoms with E-state index in [1.807, 2.05) is 27.7 Å². The molecule has 0 aromatic carbocycles. The summed E-state index contributed by atoms with van der Waals surface area (Å²) in [6, 6.07) is 0.0642. The van der Waals surface area contributed by atoms with Gasteiger partial charge in [0.2, 0.25) is 5.88 Å². The van der Waals surface area contributed by atoms with Crippen molar-refractivity contribution in [3.05, 3.63) is 27.6 Å². The fraction of sp³-hybridized carbons (Fsp3) is 0.500. The Morgan fingerprint density at radius 2 is 2.04 bits per heavy atom. The van der Waals surface area contributed by atoms with E-state index >= 15 is 0 Å². The van der Waals surface area contributed by atoms with E-state index in [1.54, 1.807) is 12.2 Å². The number of rotatable bonds is 4. The molecule has 148 valence electrons. The fourth-order valence-electron chi connectivity index (χ4n) is 2.91. The molecule has 3 rings (SSSR count). The van der Waals surface area contributed by atoms with Crippen LogP contribution in [0.15, 0.2) is 10.9 Å². The molecule has 1 saturated carbocycles. The van der Waals surface area contributed by atoms with Gasteiger partial charge in [-0.2, -0.15) is 4.52 Å². The number of halogens is 1. The molecule has 0 aliphatic heterocycles. The van der Waals surface area contributed by atoms with Gasteiger partial charge < -0.3 is 16.2 Å². The van der Waals surface area contributed by atoms with Crippen molar-refractivity contribution in [3.8, 4) is 5.88 Å². The highest BCUT2D eigenvalue weighted by Crippen LogP contribution is 2.27. The van der Waals surface area contributed by atoms with Gasteiger partial charge in [-0.05, 0) is 25.2 Å². The largest absolute Gasteiger partial charge is 0.492 e. The van der Waals surface area contributed by atoms with Crippen LogP contribution in [0.2, 0.25) is 0 Å². The zero-order chi connectivity index (χ0) is 19.2. The number of nitrogens with zero attached hydrogens (tertiary/aromatic N) is 3. The van der Waals surface area contributed by atoms with E-state index in [-0.39, 0.29) is 35.2 Å². The normalized spacial score (nSPS) is 14.5. The first kappa shape index (κ1) is 20.8. The molecule has 0 bridgehead atoms. The van der Waals surface area contributed by atoms with Gasteiger partial charge in [0.15, 0.2) is 17.0 Å². The number of amides is 1. The van der Waals surface area contributed by atoms with Gasteiger partial charge in [-0.25, -0.2) is 0 Å². The average molecular weight is 396 g/mol. The number of nitrogens with one attached hydrogen (secondary N) is 1. The number of fused-ring (bicyclic) bond motifs is 1. The predicted octanol–water partition coefficient (Wildman–Crippen LogP) is 2.18. The maximum Gasteiger partial charge on any atom is 0.270 e. The number of nitrogen functional groups attached to an aromatic ring is 1. The van der Waals surface area contributed by atoms with Crippen LogP contribution in [-0.2, 0) is 6.54 Å². The number of carbonyl (C=O) groups is 1. The van der Waals surface area contributed by atoms with Crippen molar-refractivity contribution in [2.24, 2.45) is 5.41 Å². The van der Waals surface area contributed by atoms with Gasteiger partial charge in [0.25, 0.3) is 11.5 Å². The summed E-state index contributed by atoms with van der Waals surface area (Å²) in [4.78, 5) is 25.7. The highest BCUT2D eigenvalue weighted by atomic mass is 35.5. The Morgan fingerprint density at radius 3 is 2.56 bits per heavy atom. The first-order chi connectivity index (χ1) is 12.1. The molecule has 8 nitrogen and oxygen atoms in total. The van der Waals surface area contributed by atoms with Gasteiger partial charge in [-0.3, -0.25) is 14.2 Å². The fourth-order valence-corrected chi connectivity index (χ4v) is 2.91. The van der Waals surface area contributed by atoms with Crippen LogP contribution in [0.25, 0.3) is 11.7 Å². The maximum absolute atomic E-state index is 13.1. The SMILES string of the molecule is CC=Cc1c(N)nn2c(O)c(C(=O)NC3CC3)c(=O)n(CC(C)(C)C)c12.Cl. The summed E-state index contributed by atoms with van der Waals surface area (Å²) < 4.78 is 2.65. The molecule has 27 heavy (non-hydrogen) atoms. The molecule has 0 saturated heterocycles. The van der Waals surface area contributed by atoms with Crippen LogP contribution in [-0.4, -0.2) is 31.2 Å². The Kier molecular flexibility index (Phi) is 5.60. The third-order valence-electron chi connectivity index (χ3n) is 4.17. The molecule has 1 amide bonds. The number of carbonyl (C=O) groups excluding carboxylic acids is 1. The van der Waals surface area contributed by atoms with Crippen LogP contribution in [0, 0.1) is 5.41 Å². The zero-order valence-electron chi connectivity index (χ0n) is 15.9. The second kappa shape index (κ2) is 7.26. The predicted molar refractivity (Wildman–Crippen MR) is 107 cm³/mol. The summed E-state index contributed by atoms with van der Waals surface area (Å²) in [7, 11) is 0. The number of nitrogens with two attached hydrogens (primary N) is 1. The highest BCUT2D eigenvalue weighted by molar-refractivity contribution is 5.97. The van der Waals surface area contributed by atoms with Crippen molar-refractivity contribution >= 4 is 35.9 Å². The van der Waals surface area contributed by atoms with E-state index in [1.165, 1.54) is 9.08 Å². The number of aromatic hydroxyl groups is 1. The van der Waals surface area contributed by atoms with Crippen molar-refractivity contribution in [2.75, 3.05) is 5.73 Å². The number of allylic oxidation sites excluding steroid dienone is 1. The molecular formula is C18H26ClN5O3. The lowest BCUT2D eigenvalue weighted by Gasteiger charge is -2.22. The number of aromatic nitrogens is 3. The third kappa shape index (κ3) is 3.95. The first-order valence-corrected chi connectivity index (χ1v) is 8.71. The van der Waals surface area contributed by atoms with Crippen LogP contribution < -0.4 is 16.6 Å². The maximum atomic E-state index is 13.1. The number of anilines is 1.